The zero-order chi connectivity index (χ0) is 16.9. The van der Waals surface area contributed by atoms with E-state index in [1.54, 1.807) is 17.0 Å². The van der Waals surface area contributed by atoms with Crippen LogP contribution in [0.1, 0.15) is 19.8 Å². The highest BCUT2D eigenvalue weighted by molar-refractivity contribution is 5.79. The van der Waals surface area contributed by atoms with Gasteiger partial charge in [-0.3, -0.25) is 9.69 Å². The summed E-state index contributed by atoms with van der Waals surface area (Å²) < 4.78 is 5.36. The molecule has 130 valence electrons. The SMILES string of the molecule is CCN(C(=O)CN1CCN(C(=O)Oc2ccccc2)CC1)C1CC1. The number of hydrogen-bond acceptors (Lipinski definition) is 4. The van der Waals surface area contributed by atoms with E-state index >= 15 is 0 Å². The molecule has 1 heterocycles. The summed E-state index contributed by atoms with van der Waals surface area (Å²) in [6, 6.07) is 9.56. The molecule has 1 aliphatic carbocycles. The highest BCUT2D eigenvalue weighted by Crippen LogP contribution is 2.26. The third kappa shape index (κ3) is 4.26. The number of carbonyl (C=O) groups excluding carboxylic acids is 2. The van der Waals surface area contributed by atoms with Gasteiger partial charge in [-0.25, -0.2) is 4.79 Å². The molecule has 2 aliphatic rings. The van der Waals surface area contributed by atoms with Crippen molar-refractivity contribution in [3.63, 3.8) is 0 Å². The quantitative estimate of drug-likeness (QED) is 0.826. The molecule has 1 saturated carbocycles. The van der Waals surface area contributed by atoms with E-state index in [1.807, 2.05) is 30.0 Å². The normalized spacial score (nSPS) is 18.3. The van der Waals surface area contributed by atoms with E-state index in [4.69, 9.17) is 4.74 Å². The maximum atomic E-state index is 12.4. The van der Waals surface area contributed by atoms with Gasteiger partial charge in [0.2, 0.25) is 5.91 Å². The second-order valence-electron chi connectivity index (χ2n) is 6.36. The molecule has 24 heavy (non-hydrogen) atoms. The van der Waals surface area contributed by atoms with Crippen molar-refractivity contribution in [2.75, 3.05) is 39.3 Å². The van der Waals surface area contributed by atoms with E-state index in [9.17, 15) is 9.59 Å². The van der Waals surface area contributed by atoms with E-state index in [0.717, 1.165) is 19.4 Å². The molecule has 0 unspecified atom stereocenters. The van der Waals surface area contributed by atoms with Crippen LogP contribution in [0.3, 0.4) is 0 Å². The molecule has 0 spiro atoms. The minimum absolute atomic E-state index is 0.209. The Morgan fingerprint density at radius 2 is 1.79 bits per heavy atom. The molecular weight excluding hydrogens is 306 g/mol. The zero-order valence-electron chi connectivity index (χ0n) is 14.2. The van der Waals surface area contributed by atoms with Crippen molar-refractivity contribution in [2.45, 2.75) is 25.8 Å². The monoisotopic (exact) mass is 331 g/mol. The molecule has 6 heteroatoms. The second kappa shape index (κ2) is 7.66. The number of hydrogen-bond donors (Lipinski definition) is 0. The minimum Gasteiger partial charge on any atom is -0.410 e. The molecule has 2 fully saturated rings. The lowest BCUT2D eigenvalue weighted by molar-refractivity contribution is -0.133. The van der Waals surface area contributed by atoms with Gasteiger partial charge in [-0.2, -0.15) is 0 Å². The lowest BCUT2D eigenvalue weighted by Crippen LogP contribution is -2.52. The Hall–Kier alpha value is -2.08. The lowest BCUT2D eigenvalue weighted by atomic mass is 10.3. The molecule has 1 saturated heterocycles. The summed E-state index contributed by atoms with van der Waals surface area (Å²) in [7, 11) is 0. The predicted octanol–water partition coefficient (Wildman–Crippen LogP) is 1.81. The van der Waals surface area contributed by atoms with Crippen LogP contribution in [0.5, 0.6) is 5.75 Å². The molecule has 1 aliphatic heterocycles. The Balaban J connectivity index is 1.43. The van der Waals surface area contributed by atoms with Gasteiger partial charge in [-0.15, -0.1) is 0 Å². The summed E-state index contributed by atoms with van der Waals surface area (Å²) in [5.74, 6) is 0.767. The molecule has 0 N–H and O–H groups in total. The van der Waals surface area contributed by atoms with Gasteiger partial charge >= 0.3 is 6.09 Å². The van der Waals surface area contributed by atoms with Crippen molar-refractivity contribution in [3.8, 4) is 5.75 Å². The number of piperazine rings is 1. The van der Waals surface area contributed by atoms with Gasteiger partial charge < -0.3 is 14.5 Å². The number of para-hydroxylation sites is 1. The van der Waals surface area contributed by atoms with E-state index in [-0.39, 0.29) is 12.0 Å². The number of likely N-dealkylation sites (N-methyl/N-ethyl adjacent to an activating group) is 1. The highest BCUT2D eigenvalue weighted by atomic mass is 16.6. The smallest absolute Gasteiger partial charge is 0.410 e. The number of nitrogens with zero attached hydrogens (tertiary/aromatic N) is 3. The van der Waals surface area contributed by atoms with Crippen LogP contribution in [0, 0.1) is 0 Å². The number of rotatable bonds is 5. The Kier molecular flexibility index (Phi) is 5.35. The lowest BCUT2D eigenvalue weighted by Gasteiger charge is -2.34. The van der Waals surface area contributed by atoms with Crippen LogP contribution in [0.2, 0.25) is 0 Å². The Bertz CT molecular complexity index is 566. The average Bonchev–Trinajstić information content (AvgIpc) is 3.42. The van der Waals surface area contributed by atoms with Crippen molar-refractivity contribution < 1.29 is 14.3 Å². The van der Waals surface area contributed by atoms with Gasteiger partial charge in [-0.05, 0) is 31.9 Å². The van der Waals surface area contributed by atoms with Crippen LogP contribution in [-0.4, -0.2) is 72.0 Å². The molecular formula is C18H25N3O3. The molecule has 1 aromatic rings. The first-order valence-corrected chi connectivity index (χ1v) is 8.71. The number of amides is 2. The fraction of sp³-hybridized carbons (Fsp3) is 0.556. The fourth-order valence-corrected chi connectivity index (χ4v) is 3.05. The average molecular weight is 331 g/mol. The molecule has 2 amide bonds. The first-order chi connectivity index (χ1) is 11.7. The Morgan fingerprint density at radius 1 is 1.12 bits per heavy atom. The highest BCUT2D eigenvalue weighted by Gasteiger charge is 2.32. The summed E-state index contributed by atoms with van der Waals surface area (Å²) >= 11 is 0. The van der Waals surface area contributed by atoms with Gasteiger partial charge in [0.05, 0.1) is 6.54 Å². The van der Waals surface area contributed by atoms with E-state index in [2.05, 4.69) is 4.90 Å². The fourth-order valence-electron chi connectivity index (χ4n) is 3.05. The van der Waals surface area contributed by atoms with Crippen molar-refractivity contribution in [3.05, 3.63) is 30.3 Å². The van der Waals surface area contributed by atoms with Crippen molar-refractivity contribution in [1.82, 2.24) is 14.7 Å². The molecule has 0 aromatic heterocycles. The Morgan fingerprint density at radius 3 is 2.38 bits per heavy atom. The number of benzene rings is 1. The molecule has 1 aromatic carbocycles. The van der Waals surface area contributed by atoms with Crippen molar-refractivity contribution >= 4 is 12.0 Å². The summed E-state index contributed by atoms with van der Waals surface area (Å²) in [6.07, 6.45) is 1.96. The summed E-state index contributed by atoms with van der Waals surface area (Å²) in [5.41, 5.74) is 0. The van der Waals surface area contributed by atoms with Crippen molar-refractivity contribution in [2.24, 2.45) is 0 Å². The van der Waals surface area contributed by atoms with E-state index < -0.39 is 0 Å². The van der Waals surface area contributed by atoms with Gasteiger partial charge in [0.25, 0.3) is 0 Å². The van der Waals surface area contributed by atoms with Gasteiger partial charge in [0.15, 0.2) is 0 Å². The molecule has 3 rings (SSSR count). The largest absolute Gasteiger partial charge is 0.415 e. The predicted molar refractivity (Wildman–Crippen MR) is 90.9 cm³/mol. The number of carbonyl (C=O) groups is 2. The molecule has 0 radical (unpaired) electrons. The number of ether oxygens (including phenoxy) is 1. The first-order valence-electron chi connectivity index (χ1n) is 8.71. The van der Waals surface area contributed by atoms with Crippen LogP contribution >= 0.6 is 0 Å². The van der Waals surface area contributed by atoms with Crippen LogP contribution in [0.15, 0.2) is 30.3 Å². The van der Waals surface area contributed by atoms with Crippen LogP contribution in [0.4, 0.5) is 4.79 Å². The molecule has 6 nitrogen and oxygen atoms in total. The maximum Gasteiger partial charge on any atom is 0.415 e. The van der Waals surface area contributed by atoms with Crippen LogP contribution in [-0.2, 0) is 4.79 Å². The minimum atomic E-state index is -0.319. The summed E-state index contributed by atoms with van der Waals surface area (Å²) in [4.78, 5) is 30.3. The zero-order valence-corrected chi connectivity index (χ0v) is 14.2. The summed E-state index contributed by atoms with van der Waals surface area (Å²) in [6.45, 7) is 5.87. The van der Waals surface area contributed by atoms with E-state index in [1.165, 1.54) is 0 Å². The van der Waals surface area contributed by atoms with Gasteiger partial charge in [0, 0.05) is 38.8 Å². The van der Waals surface area contributed by atoms with Crippen molar-refractivity contribution in [1.29, 1.82) is 0 Å². The third-order valence-corrected chi connectivity index (χ3v) is 4.59. The third-order valence-electron chi connectivity index (χ3n) is 4.59. The topological polar surface area (TPSA) is 53.1 Å². The molecule has 0 bridgehead atoms. The van der Waals surface area contributed by atoms with Gasteiger partial charge in [0.1, 0.15) is 5.75 Å². The van der Waals surface area contributed by atoms with Crippen LogP contribution in [0.25, 0.3) is 0 Å². The molecule has 0 atom stereocenters. The summed E-state index contributed by atoms with van der Waals surface area (Å²) in [5, 5.41) is 0. The first kappa shape index (κ1) is 16.8. The van der Waals surface area contributed by atoms with Gasteiger partial charge in [-0.1, -0.05) is 18.2 Å². The standard InChI is InChI=1S/C18H25N3O3/c1-2-21(15-8-9-15)17(22)14-19-10-12-20(13-11-19)18(23)24-16-6-4-3-5-7-16/h3-7,15H,2,8-14H2,1H3. The maximum absolute atomic E-state index is 12.4. The van der Waals surface area contributed by atoms with E-state index in [0.29, 0.717) is 44.5 Å². The second-order valence-corrected chi connectivity index (χ2v) is 6.36. The van der Waals surface area contributed by atoms with Crippen LogP contribution < -0.4 is 4.74 Å². The Labute approximate surface area is 143 Å².